The van der Waals surface area contributed by atoms with Gasteiger partial charge in [0.15, 0.2) is 0 Å². The predicted molar refractivity (Wildman–Crippen MR) is 85.2 cm³/mol. The average molecular weight is 293 g/mol. The fourth-order valence-electron chi connectivity index (χ4n) is 3.34. The van der Waals surface area contributed by atoms with Crippen LogP contribution >= 0.6 is 0 Å². The van der Waals surface area contributed by atoms with E-state index in [1.807, 2.05) is 6.07 Å². The molecule has 1 heterocycles. The summed E-state index contributed by atoms with van der Waals surface area (Å²) in [5, 5.41) is 3.54. The molecule has 1 aliphatic heterocycles. The molecule has 3 atom stereocenters. The molecule has 0 saturated heterocycles. The Morgan fingerprint density at radius 3 is 2.76 bits per heavy atom. The van der Waals surface area contributed by atoms with Crippen LogP contribution in [0.5, 0.6) is 5.75 Å². The SMILES string of the molecule is CCNC1CC(CC)(CC(C)CC)Oc2cc(F)ccc21. The molecule has 0 saturated carbocycles. The molecule has 0 fully saturated rings. The van der Waals surface area contributed by atoms with Crippen LogP contribution in [0, 0.1) is 11.7 Å². The topological polar surface area (TPSA) is 21.3 Å². The molecule has 1 aliphatic rings. The number of nitrogens with one attached hydrogen (secondary N) is 1. The zero-order valence-corrected chi connectivity index (χ0v) is 13.7. The van der Waals surface area contributed by atoms with E-state index in [-0.39, 0.29) is 17.5 Å². The zero-order valence-electron chi connectivity index (χ0n) is 13.7. The van der Waals surface area contributed by atoms with Crippen molar-refractivity contribution in [3.63, 3.8) is 0 Å². The quantitative estimate of drug-likeness (QED) is 0.810. The highest BCUT2D eigenvalue weighted by Gasteiger charge is 2.40. The van der Waals surface area contributed by atoms with Crippen molar-refractivity contribution in [3.8, 4) is 5.75 Å². The summed E-state index contributed by atoms with van der Waals surface area (Å²) in [7, 11) is 0. The van der Waals surface area contributed by atoms with Gasteiger partial charge in [0.2, 0.25) is 0 Å². The van der Waals surface area contributed by atoms with Crippen LogP contribution < -0.4 is 10.1 Å². The smallest absolute Gasteiger partial charge is 0.127 e. The number of ether oxygens (including phenoxy) is 1. The maximum atomic E-state index is 13.6. The predicted octanol–water partition coefficient (Wildman–Crippen LogP) is 4.84. The van der Waals surface area contributed by atoms with Gasteiger partial charge >= 0.3 is 0 Å². The first-order chi connectivity index (χ1) is 10.0. The van der Waals surface area contributed by atoms with Crippen molar-refractivity contribution in [2.24, 2.45) is 5.92 Å². The fourth-order valence-corrected chi connectivity index (χ4v) is 3.34. The molecule has 0 radical (unpaired) electrons. The largest absolute Gasteiger partial charge is 0.487 e. The molecule has 2 nitrogen and oxygen atoms in total. The zero-order chi connectivity index (χ0) is 15.5. The Bertz CT molecular complexity index is 476. The number of benzene rings is 1. The Hall–Kier alpha value is -1.09. The van der Waals surface area contributed by atoms with Gasteiger partial charge in [0, 0.05) is 24.1 Å². The minimum atomic E-state index is -0.223. The Kier molecular flexibility index (Phi) is 5.26. The maximum absolute atomic E-state index is 13.6. The number of halogens is 1. The molecule has 0 aromatic heterocycles. The van der Waals surface area contributed by atoms with Gasteiger partial charge in [-0.25, -0.2) is 4.39 Å². The molecule has 1 aromatic rings. The third-order valence-corrected chi connectivity index (χ3v) is 4.77. The van der Waals surface area contributed by atoms with Crippen molar-refractivity contribution in [2.75, 3.05) is 6.54 Å². The van der Waals surface area contributed by atoms with Crippen LogP contribution in [-0.2, 0) is 0 Å². The Labute approximate surface area is 128 Å². The van der Waals surface area contributed by atoms with Crippen molar-refractivity contribution >= 4 is 0 Å². The molecule has 21 heavy (non-hydrogen) atoms. The summed E-state index contributed by atoms with van der Waals surface area (Å²) in [6.07, 6.45) is 4.08. The minimum absolute atomic E-state index is 0.178. The van der Waals surface area contributed by atoms with Gasteiger partial charge in [0.1, 0.15) is 17.2 Å². The van der Waals surface area contributed by atoms with Gasteiger partial charge < -0.3 is 10.1 Å². The average Bonchev–Trinajstić information content (AvgIpc) is 2.47. The summed E-state index contributed by atoms with van der Waals surface area (Å²) < 4.78 is 19.9. The second kappa shape index (κ2) is 6.78. The molecule has 0 spiro atoms. The van der Waals surface area contributed by atoms with Crippen molar-refractivity contribution in [1.29, 1.82) is 0 Å². The van der Waals surface area contributed by atoms with Gasteiger partial charge in [-0.2, -0.15) is 0 Å². The minimum Gasteiger partial charge on any atom is -0.487 e. The first-order valence-corrected chi connectivity index (χ1v) is 8.25. The van der Waals surface area contributed by atoms with Gasteiger partial charge in [0.05, 0.1) is 0 Å². The molecule has 118 valence electrons. The van der Waals surface area contributed by atoms with Crippen LogP contribution in [0.15, 0.2) is 18.2 Å². The summed E-state index contributed by atoms with van der Waals surface area (Å²) >= 11 is 0. The molecule has 3 unspecified atom stereocenters. The third kappa shape index (κ3) is 3.57. The van der Waals surface area contributed by atoms with Crippen LogP contribution in [0.25, 0.3) is 0 Å². The summed E-state index contributed by atoms with van der Waals surface area (Å²) in [5.41, 5.74) is 0.912. The molecule has 0 amide bonds. The van der Waals surface area contributed by atoms with Gasteiger partial charge in [-0.05, 0) is 31.4 Å². The maximum Gasteiger partial charge on any atom is 0.127 e. The summed E-state index contributed by atoms with van der Waals surface area (Å²) in [4.78, 5) is 0. The van der Waals surface area contributed by atoms with Gasteiger partial charge in [-0.15, -0.1) is 0 Å². The van der Waals surface area contributed by atoms with E-state index < -0.39 is 0 Å². The number of fused-ring (bicyclic) bond motifs is 1. The van der Waals surface area contributed by atoms with Crippen LogP contribution in [0.4, 0.5) is 4.39 Å². The first kappa shape index (κ1) is 16.3. The van der Waals surface area contributed by atoms with Crippen LogP contribution in [-0.4, -0.2) is 12.1 Å². The van der Waals surface area contributed by atoms with Gasteiger partial charge in [-0.1, -0.05) is 40.2 Å². The standard InChI is InChI=1S/C18H28FNO/c1-5-13(4)11-18(6-2)12-16(20-7-3)15-9-8-14(19)10-17(15)21-18/h8-10,13,16,20H,5-7,11-12H2,1-4H3. The molecule has 0 aliphatic carbocycles. The Morgan fingerprint density at radius 2 is 2.14 bits per heavy atom. The van der Waals surface area contributed by atoms with Crippen LogP contribution in [0.3, 0.4) is 0 Å². The van der Waals surface area contributed by atoms with E-state index in [0.717, 1.165) is 43.5 Å². The number of hydrogen-bond acceptors (Lipinski definition) is 2. The lowest BCUT2D eigenvalue weighted by atomic mass is 9.79. The molecule has 0 bridgehead atoms. The van der Waals surface area contributed by atoms with Crippen molar-refractivity contribution in [3.05, 3.63) is 29.6 Å². The van der Waals surface area contributed by atoms with Crippen LogP contribution in [0.2, 0.25) is 0 Å². The van der Waals surface area contributed by atoms with E-state index in [2.05, 4.69) is 33.0 Å². The highest BCUT2D eigenvalue weighted by molar-refractivity contribution is 5.39. The van der Waals surface area contributed by atoms with E-state index >= 15 is 0 Å². The lowest BCUT2D eigenvalue weighted by Gasteiger charge is -2.43. The van der Waals surface area contributed by atoms with Gasteiger partial charge in [-0.3, -0.25) is 0 Å². The second-order valence-electron chi connectivity index (χ2n) is 6.35. The monoisotopic (exact) mass is 293 g/mol. The van der Waals surface area contributed by atoms with E-state index in [1.54, 1.807) is 6.07 Å². The molecule has 3 heteroatoms. The summed E-state index contributed by atoms with van der Waals surface area (Å²) in [6, 6.07) is 5.18. The number of rotatable bonds is 6. The summed E-state index contributed by atoms with van der Waals surface area (Å²) in [6.45, 7) is 9.68. The van der Waals surface area contributed by atoms with E-state index in [4.69, 9.17) is 4.74 Å². The van der Waals surface area contributed by atoms with Crippen molar-refractivity contribution in [2.45, 2.75) is 65.0 Å². The van der Waals surface area contributed by atoms with E-state index in [0.29, 0.717) is 5.92 Å². The van der Waals surface area contributed by atoms with Crippen molar-refractivity contribution < 1.29 is 9.13 Å². The molecule has 2 rings (SSSR count). The highest BCUT2D eigenvalue weighted by atomic mass is 19.1. The molecular formula is C18H28FNO. The summed E-state index contributed by atoms with van der Waals surface area (Å²) in [5.74, 6) is 1.11. The highest BCUT2D eigenvalue weighted by Crippen LogP contribution is 2.44. The number of hydrogen-bond donors (Lipinski definition) is 1. The van der Waals surface area contributed by atoms with E-state index in [1.165, 1.54) is 6.07 Å². The fraction of sp³-hybridized carbons (Fsp3) is 0.667. The molecule has 1 N–H and O–H groups in total. The molecular weight excluding hydrogens is 265 g/mol. The lowest BCUT2D eigenvalue weighted by Crippen LogP contribution is -2.45. The van der Waals surface area contributed by atoms with E-state index in [9.17, 15) is 4.39 Å². The van der Waals surface area contributed by atoms with Crippen LogP contribution in [0.1, 0.15) is 65.0 Å². The Balaban J connectivity index is 2.34. The second-order valence-corrected chi connectivity index (χ2v) is 6.35. The van der Waals surface area contributed by atoms with Crippen molar-refractivity contribution in [1.82, 2.24) is 5.32 Å². The Morgan fingerprint density at radius 1 is 1.38 bits per heavy atom. The van der Waals surface area contributed by atoms with Gasteiger partial charge in [0.25, 0.3) is 0 Å². The normalized spacial score (nSPS) is 26.0. The first-order valence-electron chi connectivity index (χ1n) is 8.25. The lowest BCUT2D eigenvalue weighted by molar-refractivity contribution is 0.00552. The third-order valence-electron chi connectivity index (χ3n) is 4.77. The molecule has 1 aromatic carbocycles.